The van der Waals surface area contributed by atoms with E-state index in [-0.39, 0.29) is 0 Å². The fourth-order valence-corrected chi connectivity index (χ4v) is 1.68. The first-order valence-electron chi connectivity index (χ1n) is 5.85. The average molecular weight is 246 g/mol. The first-order chi connectivity index (χ1) is 8.61. The molecule has 1 aromatic carbocycles. The third kappa shape index (κ3) is 2.51. The maximum Gasteiger partial charge on any atom is 0.335 e. The van der Waals surface area contributed by atoms with Gasteiger partial charge in [0.05, 0.1) is 7.11 Å². The van der Waals surface area contributed by atoms with Gasteiger partial charge >= 0.3 is 6.01 Å². The molecule has 0 amide bonds. The molecule has 0 saturated heterocycles. The zero-order valence-corrected chi connectivity index (χ0v) is 11.1. The van der Waals surface area contributed by atoms with Crippen molar-refractivity contribution in [2.24, 2.45) is 0 Å². The number of nitrogens with one attached hydrogen (secondary N) is 1. The molecule has 0 fully saturated rings. The van der Waals surface area contributed by atoms with E-state index in [1.165, 1.54) is 5.56 Å². The zero-order valence-electron chi connectivity index (χ0n) is 11.1. The molecule has 5 nitrogen and oxygen atoms in total. The zero-order chi connectivity index (χ0) is 13.1. The van der Waals surface area contributed by atoms with Gasteiger partial charge in [-0.15, -0.1) is 5.10 Å². The summed E-state index contributed by atoms with van der Waals surface area (Å²) in [7, 11) is 5.69. The SMILES string of the molecule is COc1n[nH]c(-c2ccc([C@@H](C)N(C)C)cc2)n1. The van der Waals surface area contributed by atoms with Gasteiger partial charge in [-0.05, 0) is 26.6 Å². The summed E-state index contributed by atoms with van der Waals surface area (Å²) < 4.78 is 4.95. The van der Waals surface area contributed by atoms with Crippen molar-refractivity contribution in [3.8, 4) is 17.4 Å². The number of hydrogen-bond donors (Lipinski definition) is 1. The second-order valence-corrected chi connectivity index (χ2v) is 4.43. The molecule has 0 aliphatic carbocycles. The Morgan fingerprint density at radius 1 is 1.22 bits per heavy atom. The molecule has 0 unspecified atom stereocenters. The lowest BCUT2D eigenvalue weighted by Crippen LogP contribution is -2.16. The van der Waals surface area contributed by atoms with Crippen molar-refractivity contribution in [1.82, 2.24) is 20.1 Å². The van der Waals surface area contributed by atoms with Crippen LogP contribution in [-0.2, 0) is 0 Å². The van der Waals surface area contributed by atoms with Gasteiger partial charge in [0.1, 0.15) is 0 Å². The van der Waals surface area contributed by atoms with Gasteiger partial charge in [0.15, 0.2) is 5.82 Å². The fourth-order valence-electron chi connectivity index (χ4n) is 1.68. The minimum Gasteiger partial charge on any atom is -0.466 e. The molecule has 0 spiro atoms. The van der Waals surface area contributed by atoms with E-state index in [1.807, 2.05) is 12.1 Å². The summed E-state index contributed by atoms with van der Waals surface area (Å²) in [6.07, 6.45) is 0. The van der Waals surface area contributed by atoms with Crippen LogP contribution < -0.4 is 4.74 Å². The van der Waals surface area contributed by atoms with Crippen LogP contribution in [0.4, 0.5) is 0 Å². The second-order valence-electron chi connectivity index (χ2n) is 4.43. The normalized spacial score (nSPS) is 12.7. The molecule has 0 radical (unpaired) electrons. The third-order valence-electron chi connectivity index (χ3n) is 3.09. The van der Waals surface area contributed by atoms with Gasteiger partial charge in [0, 0.05) is 11.6 Å². The van der Waals surface area contributed by atoms with Crippen LogP contribution in [0.15, 0.2) is 24.3 Å². The predicted molar refractivity (Wildman–Crippen MR) is 70.5 cm³/mol. The standard InChI is InChI=1S/C13H18N4O/c1-9(17(2)3)10-5-7-11(8-6-10)12-14-13(18-4)16-15-12/h5-9H,1-4H3,(H,14,15,16)/t9-/m1/s1. The Kier molecular flexibility index (Phi) is 3.62. The molecule has 0 bridgehead atoms. The van der Waals surface area contributed by atoms with Crippen molar-refractivity contribution in [2.75, 3.05) is 21.2 Å². The number of aromatic nitrogens is 3. The van der Waals surface area contributed by atoms with Crippen molar-refractivity contribution >= 4 is 0 Å². The Balaban J connectivity index is 2.21. The highest BCUT2D eigenvalue weighted by Gasteiger charge is 2.09. The van der Waals surface area contributed by atoms with E-state index in [0.717, 1.165) is 11.4 Å². The first kappa shape index (κ1) is 12.6. The lowest BCUT2D eigenvalue weighted by atomic mass is 10.1. The Hall–Kier alpha value is -1.88. The van der Waals surface area contributed by atoms with Crippen LogP contribution in [0, 0.1) is 0 Å². The number of ether oxygens (including phenoxy) is 1. The molecule has 18 heavy (non-hydrogen) atoms. The Morgan fingerprint density at radius 3 is 2.39 bits per heavy atom. The Bertz CT molecular complexity index is 504. The van der Waals surface area contributed by atoms with Crippen LogP contribution in [-0.4, -0.2) is 41.3 Å². The molecule has 1 aromatic heterocycles. The predicted octanol–water partition coefficient (Wildman–Crippen LogP) is 2.10. The molecule has 1 heterocycles. The van der Waals surface area contributed by atoms with Crippen LogP contribution in [0.25, 0.3) is 11.4 Å². The van der Waals surface area contributed by atoms with Crippen LogP contribution in [0.2, 0.25) is 0 Å². The number of aromatic amines is 1. The molecule has 2 rings (SSSR count). The Labute approximate surface area is 107 Å². The summed E-state index contributed by atoms with van der Waals surface area (Å²) in [6.45, 7) is 2.17. The molecule has 1 atom stereocenters. The van der Waals surface area contributed by atoms with E-state index in [2.05, 4.69) is 53.2 Å². The van der Waals surface area contributed by atoms with Crippen molar-refractivity contribution in [2.45, 2.75) is 13.0 Å². The van der Waals surface area contributed by atoms with E-state index < -0.39 is 0 Å². The van der Waals surface area contributed by atoms with E-state index in [1.54, 1.807) is 7.11 Å². The van der Waals surface area contributed by atoms with Gasteiger partial charge in [-0.25, -0.2) is 0 Å². The average Bonchev–Trinajstić information content (AvgIpc) is 2.86. The highest BCUT2D eigenvalue weighted by molar-refractivity contribution is 5.55. The first-order valence-corrected chi connectivity index (χ1v) is 5.85. The van der Waals surface area contributed by atoms with E-state index in [0.29, 0.717) is 12.1 Å². The molecule has 96 valence electrons. The van der Waals surface area contributed by atoms with Crippen LogP contribution in [0.5, 0.6) is 6.01 Å². The van der Waals surface area contributed by atoms with Crippen molar-refractivity contribution in [3.63, 3.8) is 0 Å². The van der Waals surface area contributed by atoms with Crippen molar-refractivity contribution in [3.05, 3.63) is 29.8 Å². The molecule has 5 heteroatoms. The van der Waals surface area contributed by atoms with Crippen LogP contribution in [0.1, 0.15) is 18.5 Å². The number of hydrogen-bond acceptors (Lipinski definition) is 4. The number of methoxy groups -OCH3 is 1. The summed E-state index contributed by atoms with van der Waals surface area (Å²) in [6, 6.07) is 9.04. The van der Waals surface area contributed by atoms with Crippen LogP contribution in [0.3, 0.4) is 0 Å². The molecular weight excluding hydrogens is 228 g/mol. The largest absolute Gasteiger partial charge is 0.466 e. The maximum atomic E-state index is 4.95. The van der Waals surface area contributed by atoms with E-state index in [4.69, 9.17) is 4.74 Å². The fraction of sp³-hybridized carbons (Fsp3) is 0.385. The van der Waals surface area contributed by atoms with Crippen molar-refractivity contribution < 1.29 is 4.74 Å². The highest BCUT2D eigenvalue weighted by Crippen LogP contribution is 2.22. The van der Waals surface area contributed by atoms with Gasteiger partial charge in [0.25, 0.3) is 0 Å². The molecule has 0 aliphatic heterocycles. The lowest BCUT2D eigenvalue weighted by molar-refractivity contribution is 0.321. The topological polar surface area (TPSA) is 54.0 Å². The van der Waals surface area contributed by atoms with Gasteiger partial charge < -0.3 is 9.64 Å². The quantitative estimate of drug-likeness (QED) is 0.897. The minimum atomic E-state index is 0.357. The molecule has 0 aliphatic rings. The summed E-state index contributed by atoms with van der Waals surface area (Å²) in [4.78, 5) is 6.38. The Morgan fingerprint density at radius 2 is 1.89 bits per heavy atom. The van der Waals surface area contributed by atoms with Crippen LogP contribution >= 0.6 is 0 Å². The minimum absolute atomic E-state index is 0.357. The smallest absolute Gasteiger partial charge is 0.335 e. The molecule has 2 aromatic rings. The van der Waals surface area contributed by atoms with Gasteiger partial charge in [-0.3, -0.25) is 5.10 Å². The second kappa shape index (κ2) is 5.18. The summed E-state index contributed by atoms with van der Waals surface area (Å²) in [5.74, 6) is 0.718. The number of nitrogens with zero attached hydrogens (tertiary/aromatic N) is 3. The van der Waals surface area contributed by atoms with E-state index in [9.17, 15) is 0 Å². The van der Waals surface area contributed by atoms with E-state index >= 15 is 0 Å². The van der Waals surface area contributed by atoms with Gasteiger partial charge in [-0.2, -0.15) is 4.98 Å². The maximum absolute atomic E-state index is 4.95. The molecule has 0 saturated carbocycles. The van der Waals surface area contributed by atoms with Gasteiger partial charge in [-0.1, -0.05) is 24.3 Å². The highest BCUT2D eigenvalue weighted by atomic mass is 16.5. The summed E-state index contributed by atoms with van der Waals surface area (Å²) in [5, 5.41) is 6.78. The summed E-state index contributed by atoms with van der Waals surface area (Å²) in [5.41, 5.74) is 2.27. The van der Waals surface area contributed by atoms with Crippen molar-refractivity contribution in [1.29, 1.82) is 0 Å². The van der Waals surface area contributed by atoms with Gasteiger partial charge in [0.2, 0.25) is 0 Å². The number of H-pyrrole nitrogens is 1. The third-order valence-corrected chi connectivity index (χ3v) is 3.09. The molecular formula is C13H18N4O. The monoisotopic (exact) mass is 246 g/mol. The summed E-state index contributed by atoms with van der Waals surface area (Å²) >= 11 is 0. The number of benzene rings is 1. The molecule has 1 N–H and O–H groups in total. The lowest BCUT2D eigenvalue weighted by Gasteiger charge is -2.20. The number of rotatable bonds is 4.